The molecule has 0 aliphatic carbocycles. The van der Waals surface area contributed by atoms with Gasteiger partial charge in [-0.05, 0) is 12.3 Å². The molecule has 0 aromatic heterocycles. The van der Waals surface area contributed by atoms with Crippen LogP contribution >= 0.6 is 0 Å². The van der Waals surface area contributed by atoms with Crippen LogP contribution in [0.1, 0.15) is 104 Å². The summed E-state index contributed by atoms with van der Waals surface area (Å²) < 4.78 is 0. The summed E-state index contributed by atoms with van der Waals surface area (Å²) in [6.07, 6.45) is 16.4. The van der Waals surface area contributed by atoms with E-state index in [0.717, 1.165) is 19.3 Å². The number of carboxylic acids is 1. The van der Waals surface area contributed by atoms with E-state index in [0.29, 0.717) is 5.92 Å². The number of hydrogen-bond donors (Lipinski definition) is 1. The van der Waals surface area contributed by atoms with Crippen molar-refractivity contribution in [2.45, 2.75) is 104 Å². The molecule has 0 amide bonds. The lowest BCUT2D eigenvalue weighted by atomic mass is 9.87. The minimum absolute atomic E-state index is 0.131. The standard InChI is InChI=1S/C19H38O2/c1-4-6-7-8-9-10-11-12-13-14-15-16-18(19(20)21)17(3)5-2/h17-18H,4-16H2,1-3H3,(H,20,21). The Kier molecular flexibility index (Phi) is 14.0. The average Bonchev–Trinajstić information content (AvgIpc) is 2.47. The molecule has 0 bridgehead atoms. The van der Waals surface area contributed by atoms with Crippen LogP contribution in [0.25, 0.3) is 0 Å². The lowest BCUT2D eigenvalue weighted by Gasteiger charge is -2.18. The predicted octanol–water partition coefficient (Wildman–Crippen LogP) is 6.43. The van der Waals surface area contributed by atoms with Crippen LogP contribution in [0.3, 0.4) is 0 Å². The fraction of sp³-hybridized carbons (Fsp3) is 0.947. The Bertz CT molecular complexity index is 238. The summed E-state index contributed by atoms with van der Waals surface area (Å²) in [5.74, 6) is -0.421. The van der Waals surface area contributed by atoms with Crippen molar-refractivity contribution in [3.05, 3.63) is 0 Å². The van der Waals surface area contributed by atoms with Crippen LogP contribution in [-0.4, -0.2) is 11.1 Å². The molecule has 0 fully saturated rings. The summed E-state index contributed by atoms with van der Waals surface area (Å²) in [4.78, 5) is 11.2. The third-order valence-corrected chi connectivity index (χ3v) is 4.77. The van der Waals surface area contributed by atoms with Gasteiger partial charge in [0.1, 0.15) is 0 Å². The molecule has 2 atom stereocenters. The number of rotatable bonds is 15. The van der Waals surface area contributed by atoms with Gasteiger partial charge in [0.2, 0.25) is 0 Å². The van der Waals surface area contributed by atoms with Crippen molar-refractivity contribution in [2.24, 2.45) is 11.8 Å². The minimum atomic E-state index is -0.601. The van der Waals surface area contributed by atoms with E-state index in [9.17, 15) is 9.90 Å². The maximum atomic E-state index is 11.2. The van der Waals surface area contributed by atoms with Gasteiger partial charge in [0, 0.05) is 0 Å². The van der Waals surface area contributed by atoms with E-state index in [4.69, 9.17) is 0 Å². The van der Waals surface area contributed by atoms with E-state index >= 15 is 0 Å². The second-order valence-electron chi connectivity index (χ2n) is 6.65. The zero-order valence-electron chi connectivity index (χ0n) is 14.7. The lowest BCUT2D eigenvalue weighted by Crippen LogP contribution is -2.21. The monoisotopic (exact) mass is 298 g/mol. The molecule has 0 saturated heterocycles. The van der Waals surface area contributed by atoms with Crippen molar-refractivity contribution in [2.75, 3.05) is 0 Å². The van der Waals surface area contributed by atoms with Crippen LogP contribution < -0.4 is 0 Å². The molecule has 0 rings (SSSR count). The van der Waals surface area contributed by atoms with Gasteiger partial charge < -0.3 is 5.11 Å². The summed E-state index contributed by atoms with van der Waals surface area (Å²) in [7, 11) is 0. The zero-order valence-corrected chi connectivity index (χ0v) is 14.7. The molecule has 0 aromatic carbocycles. The number of carboxylic acid groups (broad SMARTS) is 1. The van der Waals surface area contributed by atoms with E-state index in [-0.39, 0.29) is 5.92 Å². The van der Waals surface area contributed by atoms with Gasteiger partial charge in [-0.25, -0.2) is 0 Å². The van der Waals surface area contributed by atoms with Crippen LogP contribution in [0.15, 0.2) is 0 Å². The van der Waals surface area contributed by atoms with Crippen LogP contribution in [-0.2, 0) is 4.79 Å². The molecule has 0 aliphatic heterocycles. The molecular formula is C19H38O2. The van der Waals surface area contributed by atoms with Crippen molar-refractivity contribution >= 4 is 5.97 Å². The first-order valence-electron chi connectivity index (χ1n) is 9.36. The van der Waals surface area contributed by atoms with Gasteiger partial charge in [-0.15, -0.1) is 0 Å². The molecule has 126 valence electrons. The molecule has 21 heavy (non-hydrogen) atoms. The Balaban J connectivity index is 3.40. The molecule has 1 N–H and O–H groups in total. The zero-order chi connectivity index (χ0) is 15.9. The average molecular weight is 299 g/mol. The van der Waals surface area contributed by atoms with Crippen LogP contribution in [0, 0.1) is 11.8 Å². The number of unbranched alkanes of at least 4 members (excludes halogenated alkanes) is 10. The molecule has 0 aromatic rings. The van der Waals surface area contributed by atoms with E-state index in [1.807, 2.05) is 0 Å². The first kappa shape index (κ1) is 20.5. The van der Waals surface area contributed by atoms with E-state index in [2.05, 4.69) is 20.8 Å². The Hall–Kier alpha value is -0.530. The first-order valence-corrected chi connectivity index (χ1v) is 9.36. The van der Waals surface area contributed by atoms with Crippen molar-refractivity contribution in [3.63, 3.8) is 0 Å². The van der Waals surface area contributed by atoms with Crippen molar-refractivity contribution in [3.8, 4) is 0 Å². The van der Waals surface area contributed by atoms with Gasteiger partial charge in [0.25, 0.3) is 0 Å². The summed E-state index contributed by atoms with van der Waals surface area (Å²) in [6, 6.07) is 0. The molecule has 2 nitrogen and oxygen atoms in total. The third kappa shape index (κ3) is 11.8. The predicted molar refractivity (Wildman–Crippen MR) is 91.7 cm³/mol. The van der Waals surface area contributed by atoms with Gasteiger partial charge in [-0.3, -0.25) is 4.79 Å². The maximum absolute atomic E-state index is 11.2. The van der Waals surface area contributed by atoms with E-state index in [1.165, 1.54) is 64.2 Å². The molecule has 0 saturated carbocycles. The fourth-order valence-electron chi connectivity index (χ4n) is 2.96. The molecule has 2 heteroatoms. The smallest absolute Gasteiger partial charge is 0.306 e. The number of carbonyl (C=O) groups is 1. The third-order valence-electron chi connectivity index (χ3n) is 4.77. The quantitative estimate of drug-likeness (QED) is 0.353. The topological polar surface area (TPSA) is 37.3 Å². The number of aliphatic carboxylic acids is 1. The molecular weight excluding hydrogens is 260 g/mol. The molecule has 0 aliphatic rings. The summed E-state index contributed by atoms with van der Waals surface area (Å²) in [6.45, 7) is 6.41. The summed E-state index contributed by atoms with van der Waals surface area (Å²) >= 11 is 0. The second-order valence-corrected chi connectivity index (χ2v) is 6.65. The van der Waals surface area contributed by atoms with Gasteiger partial charge in [-0.1, -0.05) is 97.8 Å². The van der Waals surface area contributed by atoms with E-state index < -0.39 is 5.97 Å². The Morgan fingerprint density at radius 1 is 0.810 bits per heavy atom. The van der Waals surface area contributed by atoms with Gasteiger partial charge in [0.15, 0.2) is 0 Å². The van der Waals surface area contributed by atoms with Crippen molar-refractivity contribution < 1.29 is 9.90 Å². The highest BCUT2D eigenvalue weighted by Crippen LogP contribution is 2.22. The molecule has 0 radical (unpaired) electrons. The van der Waals surface area contributed by atoms with Gasteiger partial charge in [0.05, 0.1) is 5.92 Å². The maximum Gasteiger partial charge on any atom is 0.306 e. The van der Waals surface area contributed by atoms with Crippen LogP contribution in [0.5, 0.6) is 0 Å². The highest BCUT2D eigenvalue weighted by Gasteiger charge is 2.22. The molecule has 2 unspecified atom stereocenters. The highest BCUT2D eigenvalue weighted by molar-refractivity contribution is 5.70. The summed E-state index contributed by atoms with van der Waals surface area (Å²) in [5.41, 5.74) is 0. The fourth-order valence-corrected chi connectivity index (χ4v) is 2.96. The number of hydrogen-bond acceptors (Lipinski definition) is 1. The Labute approximate surface area is 132 Å². The SMILES string of the molecule is CCCCCCCCCCCCCC(C(=O)O)C(C)CC. The van der Waals surface area contributed by atoms with Gasteiger partial charge >= 0.3 is 5.97 Å². The molecule has 0 spiro atoms. The normalized spacial score (nSPS) is 14.0. The lowest BCUT2D eigenvalue weighted by molar-refractivity contribution is -0.143. The summed E-state index contributed by atoms with van der Waals surface area (Å²) in [5, 5.41) is 9.24. The Morgan fingerprint density at radius 3 is 1.62 bits per heavy atom. The Morgan fingerprint density at radius 2 is 1.24 bits per heavy atom. The van der Waals surface area contributed by atoms with Gasteiger partial charge in [-0.2, -0.15) is 0 Å². The molecule has 0 heterocycles. The van der Waals surface area contributed by atoms with Crippen LogP contribution in [0.4, 0.5) is 0 Å². The largest absolute Gasteiger partial charge is 0.481 e. The highest BCUT2D eigenvalue weighted by atomic mass is 16.4. The van der Waals surface area contributed by atoms with Crippen molar-refractivity contribution in [1.29, 1.82) is 0 Å². The minimum Gasteiger partial charge on any atom is -0.481 e. The van der Waals surface area contributed by atoms with Crippen LogP contribution in [0.2, 0.25) is 0 Å². The second kappa shape index (κ2) is 14.4. The van der Waals surface area contributed by atoms with E-state index in [1.54, 1.807) is 0 Å². The first-order chi connectivity index (χ1) is 10.1. The van der Waals surface area contributed by atoms with Crippen molar-refractivity contribution in [1.82, 2.24) is 0 Å².